The second kappa shape index (κ2) is 60.9. The summed E-state index contributed by atoms with van der Waals surface area (Å²) in [5, 5.41) is 23.8. The summed E-state index contributed by atoms with van der Waals surface area (Å²) in [6, 6.07) is 49.3. The van der Waals surface area contributed by atoms with Crippen LogP contribution in [0.15, 0.2) is 175 Å². The molecule has 43 heteroatoms. The number of diazo groups is 2. The van der Waals surface area contributed by atoms with E-state index in [1.165, 1.54) is 165 Å². The molecule has 0 saturated heterocycles. The van der Waals surface area contributed by atoms with E-state index in [-0.39, 0.29) is 203 Å². The number of Topliss-reactive ketones (excluding diaryl/α,β-unsaturated/α-hetero) is 8. The van der Waals surface area contributed by atoms with E-state index in [0.29, 0.717) is 33.2 Å². The van der Waals surface area contributed by atoms with Gasteiger partial charge in [0.25, 0.3) is 12.1 Å². The van der Waals surface area contributed by atoms with Crippen LogP contribution in [-0.2, 0) is 36.1 Å². The molecule has 0 atom stereocenters. The van der Waals surface area contributed by atoms with Crippen molar-refractivity contribution in [2.75, 3.05) is 5.73 Å². The molecule has 10 aromatic carbocycles. The largest absolute Gasteiger partial charge is 1.00 e. The second-order valence-electron chi connectivity index (χ2n) is 33.0. The fourth-order valence-electron chi connectivity index (χ4n) is 16.4. The number of aromatic nitrogens is 2. The number of hydrogen-bond donors (Lipinski definition) is 3. The van der Waals surface area contributed by atoms with Crippen molar-refractivity contribution in [1.29, 1.82) is 10.8 Å². The number of halogens is 19. The molecule has 12 aromatic rings. The molecular weight excluding hydrogens is 2300 g/mol. The number of aryl methyl sites for hydroxylation is 5. The van der Waals surface area contributed by atoms with Gasteiger partial charge in [0, 0.05) is 65.0 Å². The Labute approximate surface area is 965 Å². The number of fused-ring (bicyclic) bond motifs is 6. The first kappa shape index (κ1) is 129. The number of benzene rings is 10. The van der Waals surface area contributed by atoms with Gasteiger partial charge in [-0.2, -0.15) is 17.6 Å². The average Bonchev–Trinajstić information content (AvgIpc) is 1.56. The zero-order chi connectivity index (χ0) is 105. The van der Waals surface area contributed by atoms with E-state index >= 15 is 0 Å². The third kappa shape index (κ3) is 31.1. The van der Waals surface area contributed by atoms with Crippen LogP contribution in [-0.4, -0.2) is 63.8 Å². The number of pyridine rings is 2. The van der Waals surface area contributed by atoms with Gasteiger partial charge in [-0.3, -0.25) is 47.5 Å². The molecule has 0 bridgehead atoms. The first-order chi connectivity index (χ1) is 67.6. The molecule has 0 spiro atoms. The summed E-state index contributed by atoms with van der Waals surface area (Å²) < 4.78 is 34.2. The van der Waals surface area contributed by atoms with Gasteiger partial charge in [0.2, 0.25) is 56.3 Å². The Kier molecular flexibility index (Phi) is 53.9. The smallest absolute Gasteiger partial charge is 1.00 e. The number of ketones is 8. The van der Waals surface area contributed by atoms with Gasteiger partial charge in [-0.1, -0.05) is 381 Å². The average molecular weight is 2390 g/mol. The summed E-state index contributed by atoms with van der Waals surface area (Å²) in [6.45, 7) is 11.1. The maximum atomic E-state index is 13.9. The number of carbonyl (C=O) groups excluding carboxylic acids is 8. The molecule has 146 heavy (non-hydrogen) atoms. The molecule has 0 amide bonds. The van der Waals surface area contributed by atoms with Crippen molar-refractivity contribution in [2.24, 2.45) is 5.34 Å². The molecule has 4 N–H and O–H groups in total. The number of hydrogen-bond acceptors (Lipinski definition) is 16. The molecule has 4 aliphatic rings. The fraction of sp³-hybridized carbons (Fsp3) is 0.282. The molecule has 0 unspecified atom stereocenters. The van der Waals surface area contributed by atoms with Gasteiger partial charge in [-0.25, -0.2) is 0 Å². The monoisotopic (exact) mass is 2380 g/mol. The van der Waals surface area contributed by atoms with Gasteiger partial charge < -0.3 is 40.7 Å². The topological polar surface area (TPSA) is 354 Å². The van der Waals surface area contributed by atoms with Gasteiger partial charge >= 0.3 is 51.3 Å². The number of nitrogens with two attached hydrogens (primary N) is 1. The van der Waals surface area contributed by atoms with Crippen molar-refractivity contribution in [3.63, 3.8) is 0 Å². The summed E-state index contributed by atoms with van der Waals surface area (Å²) in [4.78, 5) is 125. The number of anilines is 1. The van der Waals surface area contributed by atoms with E-state index < -0.39 is 80.6 Å². The summed E-state index contributed by atoms with van der Waals surface area (Å²) in [7, 11) is -4.67. The molecule has 766 valence electrons. The zero-order valence-electron chi connectivity index (χ0n) is 78.7. The molecule has 0 radical (unpaired) electrons. The second-order valence-corrected chi connectivity index (χ2v) is 40.0. The van der Waals surface area contributed by atoms with Crippen LogP contribution in [0.4, 0.5) is 17.1 Å². The van der Waals surface area contributed by atoms with Crippen LogP contribution >= 0.6 is 198 Å². The van der Waals surface area contributed by atoms with Crippen molar-refractivity contribution in [3.8, 4) is 0 Å². The number of nitrogens with zero attached hydrogens (tertiary/aromatic N) is 7. The third-order valence-corrected chi connectivity index (χ3v) is 30.7. The van der Waals surface area contributed by atoms with Crippen LogP contribution in [0.5, 0.6) is 0 Å². The predicted molar refractivity (Wildman–Crippen MR) is 579 cm³/mol. The van der Waals surface area contributed by atoms with E-state index in [4.69, 9.17) is 230 Å². The van der Waals surface area contributed by atoms with Crippen molar-refractivity contribution in [1.82, 2.24) is 0 Å². The number of unbranched alkanes of at least 4 members (excludes halogenated alkanes) is 12. The van der Waals surface area contributed by atoms with Crippen LogP contribution in [0.3, 0.4) is 0 Å². The molecule has 0 saturated carbocycles. The van der Waals surface area contributed by atoms with Gasteiger partial charge in [0.05, 0.1) is 125 Å². The van der Waals surface area contributed by atoms with Crippen molar-refractivity contribution in [3.05, 3.63) is 354 Å². The number of nitrogen functional groups attached to an aromatic ring is 1. The van der Waals surface area contributed by atoms with Crippen LogP contribution in [0, 0.1) is 27.8 Å². The summed E-state index contributed by atoms with van der Waals surface area (Å²) in [6.07, 6.45) is 25.8. The Morgan fingerprint density at radius 3 is 0.760 bits per heavy atom. The molecule has 2 heterocycles. The molecule has 0 fully saturated rings. The minimum atomic E-state index is -4.67. The van der Waals surface area contributed by atoms with Gasteiger partial charge in [-0.05, 0) is 117 Å². The quantitative estimate of drug-likeness (QED) is 0.00432. The molecule has 2 aromatic heterocycles. The number of para-hydroxylation sites is 2. The van der Waals surface area contributed by atoms with Crippen molar-refractivity contribution < 1.29 is 119 Å². The van der Waals surface area contributed by atoms with Gasteiger partial charge in [0.15, 0.2) is 44.9 Å². The minimum absolute atomic E-state index is 0. The summed E-state index contributed by atoms with van der Waals surface area (Å²) in [5.74, 6) is -8.97. The van der Waals surface area contributed by atoms with Crippen molar-refractivity contribution in [2.45, 2.75) is 187 Å². The van der Waals surface area contributed by atoms with Crippen LogP contribution in [0.25, 0.3) is 31.8 Å². The Balaban J connectivity index is 0.000000325. The van der Waals surface area contributed by atoms with Gasteiger partial charge in [-0.15, -0.1) is 17.7 Å². The maximum absolute atomic E-state index is 13.9. The van der Waals surface area contributed by atoms with E-state index in [1.54, 1.807) is 60.7 Å². The number of carbonyl (C=O) groups is 8. The first-order valence-corrected chi connectivity index (χ1v) is 52.1. The minimum Gasteiger partial charge on any atom is -1.00 e. The molecule has 4 aliphatic carbocycles. The Hall–Kier alpha value is -7.20. The molecule has 16 rings (SSSR count). The van der Waals surface area contributed by atoms with Crippen molar-refractivity contribution >= 4 is 294 Å². The predicted octanol–water partition coefficient (Wildman–Crippen LogP) is 25.4. The summed E-state index contributed by atoms with van der Waals surface area (Å²) >= 11 is 100. The van der Waals surface area contributed by atoms with Gasteiger partial charge in [0.1, 0.15) is 0 Å². The molecular formula is C103H92Cl19N8NaO14S+2. The fourth-order valence-corrected chi connectivity index (χ4v) is 20.6. The molecule has 22 nitrogen and oxygen atoms in total. The zero-order valence-corrected chi connectivity index (χ0v) is 96.0. The van der Waals surface area contributed by atoms with E-state index in [2.05, 4.69) is 81.0 Å². The van der Waals surface area contributed by atoms with E-state index in [1.807, 2.05) is 60.7 Å². The van der Waals surface area contributed by atoms with Crippen LogP contribution < -0.4 is 69.2 Å². The van der Waals surface area contributed by atoms with Crippen LogP contribution in [0.2, 0.25) is 80.4 Å². The maximum Gasteiger partial charge on any atom is 1.00 e. The Morgan fingerprint density at radius 1 is 0.336 bits per heavy atom. The SMILES string of the molecule is CCCCCCc1ccc(C)cc1.CCCCCCc1ccc(N)cc1.CCCCCCc1ccc([N+]#N)cc1.CCCCCCc1ccc([N+]#N)cc1.Cl.O=C1c2c(Cl)c(Cl)c(Cl)c(Cl)c2C(=O)C1c1ccc2ccccc2[n+]1C1C(=O)c2c(Cl)c(Cl)c(Cl)c(Cl)c2C1=O.O=C1c2c(Cl)c(Cl)c(Cl)c(Cl)c2C(=O)C1c1ccc2ccccc2[n+]1C1C(=O)c2c(Cl)c(Cl)c(Cl)c(Cl)c2C1=O.O=N[O-].O=S(=O)(O)O.[Cl-].[Cl-].[Na+]. The Bertz CT molecular complexity index is 6460. The third-order valence-electron chi connectivity index (χ3n) is 23.5. The Morgan fingerprint density at radius 2 is 0.541 bits per heavy atom. The summed E-state index contributed by atoms with van der Waals surface area (Å²) in [5.41, 5.74) is 13.8. The normalized spacial score (nSPS) is 12.7. The standard InChI is InChI=1S/2C27H8Cl8NO4.C13H20.2C12H17N2.C12H19N.3ClH.HNO2.Na.H2O4S/c2*28-15-11-12(16(29)20(33)19(15)32)25(38)10(24(11)37)9-6-5-7-3-1-2-4-8(7)36(9)23-26(39)13-14(27(23)40)18(31)22(35)21(34)17(13)30;1-3-4-5-6-7-13-10-8-12(2)9-11-13;2*1-2-3-4-5-6-11-7-9-12(14-13)10-8-11;1-2-3-4-5-6-11-7-9-12(13)10-8-11;;;;2-1-3;;1-5(2,3)4/h2*1-6,10,23H;8-11H,3-7H2,1-2H3;2*7-10H,2-6H2,1H3;7-10H,2-6,13H2,1H3;3*1H;(H,2,3);;(H2,1,2,3,4)/q2*+1;;2*+1;;;;;;+1;/p-3. The van der Waals surface area contributed by atoms with E-state index in [9.17, 15) is 38.4 Å². The molecule has 0 aliphatic heterocycles. The number of rotatable bonds is 24. The first-order valence-electron chi connectivity index (χ1n) is 44.7. The van der Waals surface area contributed by atoms with Crippen LogP contribution in [0.1, 0.15) is 276 Å². The van der Waals surface area contributed by atoms with E-state index in [0.717, 1.165) is 23.9 Å².